The van der Waals surface area contributed by atoms with Gasteiger partial charge in [-0.2, -0.15) is 0 Å². The van der Waals surface area contributed by atoms with Crippen LogP contribution in [0.2, 0.25) is 5.02 Å². The van der Waals surface area contributed by atoms with Crippen LogP contribution in [0, 0.1) is 5.92 Å². The number of rotatable bonds is 9. The number of anilines is 1. The van der Waals surface area contributed by atoms with Crippen molar-refractivity contribution in [3.8, 4) is 0 Å². The van der Waals surface area contributed by atoms with Crippen LogP contribution in [0.5, 0.6) is 0 Å². The van der Waals surface area contributed by atoms with Gasteiger partial charge in [0.1, 0.15) is 11.9 Å². The molecule has 2 atom stereocenters. The fraction of sp³-hybridized carbons (Fsp3) is 0.409. The third-order valence-electron chi connectivity index (χ3n) is 4.73. The zero-order chi connectivity index (χ0) is 22.3. The molecule has 0 saturated carbocycles. The van der Waals surface area contributed by atoms with Gasteiger partial charge in [0.05, 0.1) is 6.04 Å². The van der Waals surface area contributed by atoms with Crippen molar-refractivity contribution in [1.29, 1.82) is 0 Å². The Labute approximate surface area is 183 Å². The number of halogens is 1. The molecule has 0 aliphatic heterocycles. The van der Waals surface area contributed by atoms with E-state index in [0.717, 1.165) is 11.1 Å². The van der Waals surface area contributed by atoms with E-state index in [2.05, 4.69) is 15.6 Å². The van der Waals surface area contributed by atoms with Crippen molar-refractivity contribution in [1.82, 2.24) is 20.5 Å². The average Bonchev–Trinajstić information content (AvgIpc) is 2.66. The molecule has 8 heteroatoms. The highest BCUT2D eigenvalue weighted by Gasteiger charge is 2.29. The molecule has 1 aromatic heterocycles. The van der Waals surface area contributed by atoms with E-state index in [1.807, 2.05) is 45.0 Å². The number of carbonyl (C=O) groups is 2. The first-order valence-electron chi connectivity index (χ1n) is 9.86. The maximum Gasteiger partial charge on any atom is 0.243 e. The number of nitrogen functional groups attached to an aromatic ring is 1. The van der Waals surface area contributed by atoms with E-state index in [4.69, 9.17) is 17.3 Å². The monoisotopic (exact) mass is 431 g/mol. The molecule has 0 radical (unpaired) electrons. The van der Waals surface area contributed by atoms with Crippen molar-refractivity contribution in [2.24, 2.45) is 5.92 Å². The Hall–Kier alpha value is -2.64. The topological polar surface area (TPSA) is 100 Å². The number of likely N-dealkylation sites (N-methyl/N-ethyl adjacent to an activating group) is 1. The number of carbonyl (C=O) groups excluding carboxylic acids is 2. The normalized spacial score (nSPS) is 13.2. The number of benzene rings is 1. The van der Waals surface area contributed by atoms with E-state index in [1.165, 1.54) is 0 Å². The van der Waals surface area contributed by atoms with Crippen molar-refractivity contribution < 1.29 is 9.59 Å². The van der Waals surface area contributed by atoms with Crippen LogP contribution in [0.25, 0.3) is 0 Å². The second-order valence-electron chi connectivity index (χ2n) is 7.86. The van der Waals surface area contributed by atoms with Crippen molar-refractivity contribution in [3.63, 3.8) is 0 Å². The van der Waals surface area contributed by atoms with Gasteiger partial charge in [0.25, 0.3) is 0 Å². The first-order valence-corrected chi connectivity index (χ1v) is 10.2. The summed E-state index contributed by atoms with van der Waals surface area (Å²) in [5, 5.41) is 6.38. The molecule has 0 aliphatic carbocycles. The predicted molar refractivity (Wildman–Crippen MR) is 120 cm³/mol. The first kappa shape index (κ1) is 23.6. The number of nitrogens with zero attached hydrogens (tertiary/aromatic N) is 2. The Balaban J connectivity index is 2.15. The molecule has 4 N–H and O–H groups in total. The van der Waals surface area contributed by atoms with Crippen LogP contribution in [0.15, 0.2) is 42.6 Å². The number of aromatic nitrogens is 1. The van der Waals surface area contributed by atoms with Gasteiger partial charge in [-0.3, -0.25) is 14.5 Å². The lowest BCUT2D eigenvalue weighted by molar-refractivity contribution is -0.132. The SMILES string of the molecule is CC(C)[C@H](C(=O)N[C@@H](Cc1cccc(Cl)c1)C(=O)NCc1ccc(N)nc1)N(C)C. The van der Waals surface area contributed by atoms with Crippen LogP contribution in [0.1, 0.15) is 25.0 Å². The van der Waals surface area contributed by atoms with Crippen LogP contribution >= 0.6 is 11.6 Å². The molecule has 0 spiro atoms. The molecule has 162 valence electrons. The smallest absolute Gasteiger partial charge is 0.243 e. The van der Waals surface area contributed by atoms with Gasteiger partial charge in [0, 0.05) is 24.2 Å². The summed E-state index contributed by atoms with van der Waals surface area (Å²) in [4.78, 5) is 31.8. The predicted octanol–water partition coefficient (Wildman–Crippen LogP) is 2.25. The maximum atomic E-state index is 13.0. The van der Waals surface area contributed by atoms with Gasteiger partial charge < -0.3 is 16.4 Å². The lowest BCUT2D eigenvalue weighted by atomic mass is 10.0. The van der Waals surface area contributed by atoms with Crippen LogP contribution in [-0.4, -0.2) is 47.9 Å². The van der Waals surface area contributed by atoms with Gasteiger partial charge in [0.15, 0.2) is 0 Å². The number of hydrogen-bond donors (Lipinski definition) is 3. The lowest BCUT2D eigenvalue weighted by Gasteiger charge is -2.29. The molecular formula is C22H30ClN5O2. The molecule has 2 aromatic rings. The highest BCUT2D eigenvalue weighted by molar-refractivity contribution is 6.30. The van der Waals surface area contributed by atoms with Crippen LogP contribution in [-0.2, 0) is 22.6 Å². The number of pyridine rings is 1. The molecule has 1 heterocycles. The summed E-state index contributed by atoms with van der Waals surface area (Å²) in [6.45, 7) is 4.24. The highest BCUT2D eigenvalue weighted by Crippen LogP contribution is 2.14. The van der Waals surface area contributed by atoms with Crippen molar-refractivity contribution in [2.45, 2.75) is 38.9 Å². The minimum atomic E-state index is -0.737. The van der Waals surface area contributed by atoms with Gasteiger partial charge in [-0.05, 0) is 49.3 Å². The standard InChI is InChI=1S/C22H30ClN5O2/c1-14(2)20(28(3)4)22(30)27-18(11-15-6-5-7-17(23)10-15)21(29)26-13-16-8-9-19(24)25-12-16/h5-10,12,14,18,20H,11,13H2,1-4H3,(H2,24,25)(H,26,29)(H,27,30)/t18-,20+/m0/s1. The fourth-order valence-corrected chi connectivity index (χ4v) is 3.57. The summed E-state index contributed by atoms with van der Waals surface area (Å²) in [7, 11) is 3.70. The van der Waals surface area contributed by atoms with Gasteiger partial charge in [-0.15, -0.1) is 0 Å². The minimum absolute atomic E-state index is 0.0933. The summed E-state index contributed by atoms with van der Waals surface area (Å²) >= 11 is 6.09. The van der Waals surface area contributed by atoms with Gasteiger partial charge >= 0.3 is 0 Å². The quantitative estimate of drug-likeness (QED) is 0.565. The molecule has 2 amide bonds. The summed E-state index contributed by atoms with van der Waals surface area (Å²) in [5.41, 5.74) is 7.28. The van der Waals surface area contributed by atoms with Gasteiger partial charge in [0.2, 0.25) is 11.8 Å². The second-order valence-corrected chi connectivity index (χ2v) is 8.29. The van der Waals surface area contributed by atoms with E-state index >= 15 is 0 Å². The molecule has 0 fully saturated rings. The van der Waals surface area contributed by atoms with E-state index in [9.17, 15) is 9.59 Å². The van der Waals surface area contributed by atoms with E-state index in [0.29, 0.717) is 17.3 Å². The van der Waals surface area contributed by atoms with Gasteiger partial charge in [-0.25, -0.2) is 4.98 Å². The van der Waals surface area contributed by atoms with Gasteiger partial charge in [-0.1, -0.05) is 43.6 Å². The minimum Gasteiger partial charge on any atom is -0.384 e. The molecular weight excluding hydrogens is 402 g/mol. The van der Waals surface area contributed by atoms with E-state index in [-0.39, 0.29) is 30.3 Å². The van der Waals surface area contributed by atoms with Crippen LogP contribution < -0.4 is 16.4 Å². The largest absolute Gasteiger partial charge is 0.384 e. The van der Waals surface area contributed by atoms with Crippen LogP contribution in [0.3, 0.4) is 0 Å². The van der Waals surface area contributed by atoms with E-state index in [1.54, 1.807) is 30.5 Å². The zero-order valence-corrected chi connectivity index (χ0v) is 18.6. The fourth-order valence-electron chi connectivity index (χ4n) is 3.35. The summed E-state index contributed by atoms with van der Waals surface area (Å²) in [6.07, 6.45) is 1.94. The Bertz CT molecular complexity index is 847. The number of amides is 2. The summed E-state index contributed by atoms with van der Waals surface area (Å²) in [5.74, 6) is 0.0445. The third-order valence-corrected chi connectivity index (χ3v) is 4.97. The molecule has 0 bridgehead atoms. The summed E-state index contributed by atoms with van der Waals surface area (Å²) < 4.78 is 0. The average molecular weight is 432 g/mol. The maximum absolute atomic E-state index is 13.0. The molecule has 0 saturated heterocycles. The number of nitrogens with two attached hydrogens (primary N) is 1. The third kappa shape index (κ3) is 7.00. The van der Waals surface area contributed by atoms with Crippen LogP contribution in [0.4, 0.5) is 5.82 Å². The van der Waals surface area contributed by atoms with Crippen molar-refractivity contribution in [3.05, 3.63) is 58.7 Å². The molecule has 7 nitrogen and oxygen atoms in total. The first-order chi connectivity index (χ1) is 14.2. The Morgan fingerprint density at radius 1 is 1.13 bits per heavy atom. The second kappa shape index (κ2) is 10.9. The lowest BCUT2D eigenvalue weighted by Crippen LogP contribution is -2.54. The van der Waals surface area contributed by atoms with Crippen molar-refractivity contribution >= 4 is 29.2 Å². The molecule has 30 heavy (non-hydrogen) atoms. The molecule has 2 rings (SSSR count). The van der Waals surface area contributed by atoms with Crippen molar-refractivity contribution in [2.75, 3.05) is 19.8 Å². The Morgan fingerprint density at radius 2 is 1.87 bits per heavy atom. The molecule has 0 aliphatic rings. The Kier molecular flexibility index (Phi) is 8.62. The Morgan fingerprint density at radius 3 is 2.43 bits per heavy atom. The molecule has 0 unspecified atom stereocenters. The van der Waals surface area contributed by atoms with E-state index < -0.39 is 6.04 Å². The summed E-state index contributed by atoms with van der Waals surface area (Å²) in [6, 6.07) is 9.67. The number of nitrogens with one attached hydrogen (secondary N) is 2. The number of hydrogen-bond acceptors (Lipinski definition) is 5. The molecule has 1 aromatic carbocycles. The zero-order valence-electron chi connectivity index (χ0n) is 17.9. The highest BCUT2D eigenvalue weighted by atomic mass is 35.5.